The van der Waals surface area contributed by atoms with Crippen LogP contribution in [0.1, 0.15) is 40.0 Å². The minimum Gasteiger partial charge on any atom is -0.341 e. The van der Waals surface area contributed by atoms with Crippen molar-refractivity contribution in [2.45, 2.75) is 46.1 Å². The van der Waals surface area contributed by atoms with Crippen molar-refractivity contribution in [3.05, 3.63) is 0 Å². The fourth-order valence-corrected chi connectivity index (χ4v) is 2.08. The van der Waals surface area contributed by atoms with Crippen molar-refractivity contribution < 1.29 is 4.79 Å². The van der Waals surface area contributed by atoms with Crippen LogP contribution in [0.25, 0.3) is 0 Å². The molecular weight excluding hydrogens is 188 g/mol. The first kappa shape index (κ1) is 12.5. The van der Waals surface area contributed by atoms with E-state index in [9.17, 15) is 4.79 Å². The van der Waals surface area contributed by atoms with Crippen molar-refractivity contribution >= 4 is 5.91 Å². The molecule has 1 saturated heterocycles. The Labute approximate surface area is 93.4 Å². The van der Waals surface area contributed by atoms with Gasteiger partial charge in [-0.2, -0.15) is 0 Å². The van der Waals surface area contributed by atoms with Crippen molar-refractivity contribution in [1.29, 1.82) is 0 Å². The Kier molecular flexibility index (Phi) is 5.09. The maximum Gasteiger partial charge on any atom is 0.222 e. The van der Waals surface area contributed by atoms with Gasteiger partial charge in [0.05, 0.1) is 0 Å². The van der Waals surface area contributed by atoms with Crippen molar-refractivity contribution in [3.8, 4) is 0 Å². The van der Waals surface area contributed by atoms with E-state index in [-0.39, 0.29) is 0 Å². The second kappa shape index (κ2) is 6.11. The zero-order chi connectivity index (χ0) is 11.3. The van der Waals surface area contributed by atoms with E-state index in [1.54, 1.807) is 0 Å². The van der Waals surface area contributed by atoms with Crippen molar-refractivity contribution in [1.82, 2.24) is 9.80 Å². The van der Waals surface area contributed by atoms with Gasteiger partial charge in [0, 0.05) is 38.6 Å². The Hall–Kier alpha value is -0.570. The topological polar surface area (TPSA) is 23.6 Å². The Bertz CT molecular complexity index is 204. The van der Waals surface area contributed by atoms with Gasteiger partial charge < -0.3 is 4.90 Å². The van der Waals surface area contributed by atoms with Gasteiger partial charge in [-0.15, -0.1) is 0 Å². The lowest BCUT2D eigenvalue weighted by molar-refractivity contribution is -0.131. The van der Waals surface area contributed by atoms with Gasteiger partial charge in [-0.05, 0) is 26.7 Å². The summed E-state index contributed by atoms with van der Waals surface area (Å²) in [6.45, 7) is 10.5. The molecule has 0 unspecified atom stereocenters. The van der Waals surface area contributed by atoms with Gasteiger partial charge in [-0.25, -0.2) is 0 Å². The Morgan fingerprint density at radius 3 is 2.53 bits per heavy atom. The number of amides is 1. The molecule has 1 aliphatic rings. The molecule has 15 heavy (non-hydrogen) atoms. The van der Waals surface area contributed by atoms with E-state index in [1.165, 1.54) is 0 Å². The van der Waals surface area contributed by atoms with Gasteiger partial charge in [-0.3, -0.25) is 9.69 Å². The first-order valence-electron chi connectivity index (χ1n) is 6.17. The minimum atomic E-state index is 0.336. The Balaban J connectivity index is 2.42. The molecular formula is C12H24N2O. The first-order chi connectivity index (χ1) is 7.15. The molecule has 0 atom stereocenters. The highest BCUT2D eigenvalue weighted by Crippen LogP contribution is 2.08. The monoisotopic (exact) mass is 212 g/mol. The quantitative estimate of drug-likeness (QED) is 0.711. The summed E-state index contributed by atoms with van der Waals surface area (Å²) in [5.74, 6) is 0.336. The molecule has 0 aromatic heterocycles. The number of carbonyl (C=O) groups is 1. The van der Waals surface area contributed by atoms with Gasteiger partial charge in [-0.1, -0.05) is 6.92 Å². The predicted molar refractivity (Wildman–Crippen MR) is 62.8 cm³/mol. The Morgan fingerprint density at radius 1 is 1.20 bits per heavy atom. The van der Waals surface area contributed by atoms with Crippen molar-refractivity contribution in [3.63, 3.8) is 0 Å². The molecule has 0 radical (unpaired) electrons. The molecule has 1 amide bonds. The van der Waals surface area contributed by atoms with Crippen LogP contribution in [0.15, 0.2) is 0 Å². The zero-order valence-corrected chi connectivity index (χ0v) is 10.3. The number of hydrogen-bond donors (Lipinski definition) is 0. The fourth-order valence-electron chi connectivity index (χ4n) is 2.08. The van der Waals surface area contributed by atoms with Gasteiger partial charge in [0.1, 0.15) is 0 Å². The normalized spacial score (nSPS) is 19.3. The molecule has 3 heteroatoms. The van der Waals surface area contributed by atoms with Gasteiger partial charge in [0.2, 0.25) is 5.91 Å². The summed E-state index contributed by atoms with van der Waals surface area (Å²) in [5, 5.41) is 0. The zero-order valence-electron chi connectivity index (χ0n) is 10.3. The highest BCUT2D eigenvalue weighted by Gasteiger charge is 2.19. The van der Waals surface area contributed by atoms with Crippen LogP contribution in [0.4, 0.5) is 0 Å². The van der Waals surface area contributed by atoms with Crippen LogP contribution in [-0.4, -0.2) is 47.9 Å². The van der Waals surface area contributed by atoms with Crippen LogP contribution < -0.4 is 0 Å². The first-order valence-corrected chi connectivity index (χ1v) is 6.17. The Morgan fingerprint density at radius 2 is 1.93 bits per heavy atom. The highest BCUT2D eigenvalue weighted by molar-refractivity contribution is 5.76. The minimum absolute atomic E-state index is 0.336. The summed E-state index contributed by atoms with van der Waals surface area (Å²) < 4.78 is 0. The second-order valence-corrected chi connectivity index (χ2v) is 4.61. The fraction of sp³-hybridized carbons (Fsp3) is 0.917. The number of rotatable bonds is 3. The maximum absolute atomic E-state index is 11.7. The van der Waals surface area contributed by atoms with Crippen LogP contribution in [0.2, 0.25) is 0 Å². The molecule has 0 aliphatic carbocycles. The number of hydrogen-bond acceptors (Lipinski definition) is 2. The third kappa shape index (κ3) is 3.82. The predicted octanol–water partition coefficient (Wildman–Crippen LogP) is 1.73. The second-order valence-electron chi connectivity index (χ2n) is 4.61. The van der Waals surface area contributed by atoms with Crippen molar-refractivity contribution in [2.24, 2.45) is 0 Å². The summed E-state index contributed by atoms with van der Waals surface area (Å²) in [4.78, 5) is 16.2. The van der Waals surface area contributed by atoms with Crippen LogP contribution in [0, 0.1) is 0 Å². The summed E-state index contributed by atoms with van der Waals surface area (Å²) in [5.41, 5.74) is 0. The lowest BCUT2D eigenvalue weighted by Crippen LogP contribution is -2.37. The van der Waals surface area contributed by atoms with Crippen LogP contribution >= 0.6 is 0 Å². The molecule has 1 aliphatic heterocycles. The van der Waals surface area contributed by atoms with E-state index < -0.39 is 0 Å². The lowest BCUT2D eigenvalue weighted by Gasteiger charge is -2.24. The molecule has 0 saturated carbocycles. The largest absolute Gasteiger partial charge is 0.341 e. The van der Waals surface area contributed by atoms with Gasteiger partial charge in [0.25, 0.3) is 0 Å². The molecule has 88 valence electrons. The molecule has 0 aromatic carbocycles. The van der Waals surface area contributed by atoms with E-state index in [0.29, 0.717) is 18.4 Å². The molecule has 0 N–H and O–H groups in total. The molecule has 1 fully saturated rings. The summed E-state index contributed by atoms with van der Waals surface area (Å²) in [7, 11) is 0. The average Bonchev–Trinajstić information content (AvgIpc) is 2.43. The third-order valence-corrected chi connectivity index (χ3v) is 3.08. The van der Waals surface area contributed by atoms with Crippen LogP contribution in [0.5, 0.6) is 0 Å². The molecule has 0 bridgehead atoms. The molecule has 0 spiro atoms. The van der Waals surface area contributed by atoms with Crippen LogP contribution in [0.3, 0.4) is 0 Å². The number of nitrogens with zero attached hydrogens (tertiary/aromatic N) is 2. The average molecular weight is 212 g/mol. The molecule has 1 heterocycles. The highest BCUT2D eigenvalue weighted by atomic mass is 16.2. The maximum atomic E-state index is 11.7. The lowest BCUT2D eigenvalue weighted by atomic mass is 10.3. The van der Waals surface area contributed by atoms with Crippen molar-refractivity contribution in [2.75, 3.05) is 26.2 Å². The smallest absolute Gasteiger partial charge is 0.222 e. The molecule has 1 rings (SSSR count). The third-order valence-electron chi connectivity index (χ3n) is 3.08. The standard InChI is InChI=1S/C12H24N2O/c1-4-6-12(15)14-8-5-7-13(9-10-14)11(2)3/h11H,4-10H2,1-3H3. The van der Waals surface area contributed by atoms with E-state index in [1.807, 2.05) is 4.90 Å². The SMILES string of the molecule is CCCC(=O)N1CCCN(C(C)C)CC1. The number of carbonyl (C=O) groups excluding carboxylic acids is 1. The van der Waals surface area contributed by atoms with Crippen LogP contribution in [-0.2, 0) is 4.79 Å². The van der Waals surface area contributed by atoms with Gasteiger partial charge >= 0.3 is 0 Å². The van der Waals surface area contributed by atoms with E-state index >= 15 is 0 Å². The van der Waals surface area contributed by atoms with E-state index in [2.05, 4.69) is 25.7 Å². The summed E-state index contributed by atoms with van der Waals surface area (Å²) in [6, 6.07) is 0.603. The summed E-state index contributed by atoms with van der Waals surface area (Å²) in [6.07, 6.45) is 2.79. The van der Waals surface area contributed by atoms with Gasteiger partial charge in [0.15, 0.2) is 0 Å². The summed E-state index contributed by atoms with van der Waals surface area (Å²) >= 11 is 0. The van der Waals surface area contributed by atoms with E-state index in [4.69, 9.17) is 0 Å². The molecule has 3 nitrogen and oxygen atoms in total. The molecule has 0 aromatic rings. The van der Waals surface area contributed by atoms with E-state index in [0.717, 1.165) is 39.0 Å².